The quantitative estimate of drug-likeness (QED) is 0.877. The molecule has 0 aliphatic carbocycles. The highest BCUT2D eigenvalue weighted by Crippen LogP contribution is 2.21. The number of nitrogens with zero attached hydrogens (tertiary/aromatic N) is 1. The zero-order chi connectivity index (χ0) is 14.4. The van der Waals surface area contributed by atoms with E-state index in [0.29, 0.717) is 6.54 Å². The first kappa shape index (κ1) is 14.7. The Bertz CT molecular complexity index is 547. The fraction of sp³-hybridized carbons (Fsp3) is 0.375. The van der Waals surface area contributed by atoms with Crippen molar-refractivity contribution in [3.05, 3.63) is 40.7 Å². The maximum absolute atomic E-state index is 11.9. The molecule has 0 aliphatic heterocycles. The van der Waals surface area contributed by atoms with Crippen LogP contribution in [0.5, 0.6) is 0 Å². The van der Waals surface area contributed by atoms with E-state index in [-0.39, 0.29) is 11.8 Å². The number of aromatic nitrogens is 1. The Morgan fingerprint density at radius 2 is 1.95 bits per heavy atom. The third-order valence-electron chi connectivity index (χ3n) is 3.39. The highest BCUT2D eigenvalue weighted by Gasteiger charge is 2.14. The number of nitrogens with one attached hydrogen (secondary N) is 1. The zero-order valence-electron chi connectivity index (χ0n) is 11.9. The van der Waals surface area contributed by atoms with E-state index >= 15 is 0 Å². The summed E-state index contributed by atoms with van der Waals surface area (Å²) in [7, 11) is 0. The van der Waals surface area contributed by atoms with Crippen LogP contribution in [-0.4, -0.2) is 10.9 Å². The molecule has 106 valence electrons. The third-order valence-corrected chi connectivity index (χ3v) is 4.24. The summed E-state index contributed by atoms with van der Waals surface area (Å²) in [4.78, 5) is 16.5. The van der Waals surface area contributed by atoms with Crippen molar-refractivity contribution in [2.24, 2.45) is 5.92 Å². The molecule has 0 spiro atoms. The van der Waals surface area contributed by atoms with Crippen LogP contribution in [0.15, 0.2) is 35.7 Å². The van der Waals surface area contributed by atoms with Crippen LogP contribution in [0.3, 0.4) is 0 Å². The number of carbonyl (C=O) groups is 1. The predicted molar refractivity (Wildman–Crippen MR) is 83.5 cm³/mol. The molecule has 0 saturated carbocycles. The largest absolute Gasteiger partial charge is 0.349 e. The smallest absolute Gasteiger partial charge is 0.223 e. The van der Waals surface area contributed by atoms with Crippen molar-refractivity contribution in [2.75, 3.05) is 0 Å². The molecule has 1 N–H and O–H groups in total. The first-order chi connectivity index (χ1) is 9.74. The van der Waals surface area contributed by atoms with E-state index in [2.05, 4.69) is 10.3 Å². The summed E-state index contributed by atoms with van der Waals surface area (Å²) in [6.07, 6.45) is 1.77. The molecule has 4 heteroatoms. The Balaban J connectivity index is 1.95. The van der Waals surface area contributed by atoms with Gasteiger partial charge in [-0.2, -0.15) is 0 Å². The van der Waals surface area contributed by atoms with Gasteiger partial charge in [0.25, 0.3) is 0 Å². The average molecular weight is 288 g/mol. The van der Waals surface area contributed by atoms with E-state index < -0.39 is 0 Å². The molecule has 20 heavy (non-hydrogen) atoms. The second-order valence-electron chi connectivity index (χ2n) is 4.72. The van der Waals surface area contributed by atoms with Crippen LogP contribution < -0.4 is 5.32 Å². The SMILES string of the molecule is CCC(CC)C(=O)NCc1nc(-c2ccccc2)cs1. The predicted octanol–water partition coefficient (Wildman–Crippen LogP) is 3.86. The van der Waals surface area contributed by atoms with Gasteiger partial charge in [0.1, 0.15) is 5.01 Å². The highest BCUT2D eigenvalue weighted by atomic mass is 32.1. The Morgan fingerprint density at radius 1 is 1.25 bits per heavy atom. The molecule has 0 unspecified atom stereocenters. The van der Waals surface area contributed by atoms with Crippen LogP contribution in [-0.2, 0) is 11.3 Å². The minimum atomic E-state index is 0.114. The number of rotatable bonds is 6. The molecule has 0 aliphatic rings. The molecule has 0 radical (unpaired) electrons. The minimum absolute atomic E-state index is 0.114. The maximum atomic E-state index is 11.9. The molecule has 3 nitrogen and oxygen atoms in total. The van der Waals surface area contributed by atoms with Crippen LogP contribution in [0.25, 0.3) is 11.3 Å². The summed E-state index contributed by atoms with van der Waals surface area (Å²) in [6.45, 7) is 4.61. The number of carbonyl (C=O) groups excluding carboxylic acids is 1. The van der Waals surface area contributed by atoms with Crippen molar-refractivity contribution in [3.8, 4) is 11.3 Å². The first-order valence-corrected chi connectivity index (χ1v) is 7.90. The standard InChI is InChI=1S/C16H20N2OS/c1-3-12(4-2)16(19)17-10-15-18-14(11-20-15)13-8-6-5-7-9-13/h5-9,11-12H,3-4,10H2,1-2H3,(H,17,19). The molecule has 2 rings (SSSR count). The van der Waals surface area contributed by atoms with E-state index in [0.717, 1.165) is 29.1 Å². The van der Waals surface area contributed by atoms with Gasteiger partial charge in [0.2, 0.25) is 5.91 Å². The molecule has 1 aromatic heterocycles. The van der Waals surface area contributed by atoms with Crippen molar-refractivity contribution in [1.82, 2.24) is 10.3 Å². The first-order valence-electron chi connectivity index (χ1n) is 7.02. The van der Waals surface area contributed by atoms with Gasteiger partial charge in [-0.15, -0.1) is 11.3 Å². The Hall–Kier alpha value is -1.68. The lowest BCUT2D eigenvalue weighted by atomic mass is 10.0. The van der Waals surface area contributed by atoms with Gasteiger partial charge < -0.3 is 5.32 Å². The summed E-state index contributed by atoms with van der Waals surface area (Å²) in [6, 6.07) is 10.1. The van der Waals surface area contributed by atoms with Crippen molar-refractivity contribution in [1.29, 1.82) is 0 Å². The molecule has 1 amide bonds. The van der Waals surface area contributed by atoms with E-state index in [4.69, 9.17) is 0 Å². The van der Waals surface area contributed by atoms with E-state index in [1.54, 1.807) is 11.3 Å². The monoisotopic (exact) mass is 288 g/mol. The molecule has 1 aromatic carbocycles. The topological polar surface area (TPSA) is 42.0 Å². The van der Waals surface area contributed by atoms with Gasteiger partial charge in [-0.3, -0.25) is 4.79 Å². The summed E-state index contributed by atoms with van der Waals surface area (Å²) in [5.74, 6) is 0.245. The molecular formula is C16H20N2OS. The molecular weight excluding hydrogens is 268 g/mol. The summed E-state index contributed by atoms with van der Waals surface area (Å²) in [5, 5.41) is 5.96. The molecule has 1 heterocycles. The van der Waals surface area contributed by atoms with Gasteiger partial charge in [-0.1, -0.05) is 44.2 Å². The van der Waals surface area contributed by atoms with Crippen molar-refractivity contribution in [3.63, 3.8) is 0 Å². The van der Waals surface area contributed by atoms with Crippen LogP contribution in [0.1, 0.15) is 31.7 Å². The lowest BCUT2D eigenvalue weighted by Gasteiger charge is -2.11. The lowest BCUT2D eigenvalue weighted by Crippen LogP contribution is -2.29. The van der Waals surface area contributed by atoms with Crippen molar-refractivity contribution < 1.29 is 4.79 Å². The van der Waals surface area contributed by atoms with Crippen LogP contribution in [0, 0.1) is 5.92 Å². The number of amides is 1. The van der Waals surface area contributed by atoms with Gasteiger partial charge >= 0.3 is 0 Å². The molecule has 0 saturated heterocycles. The van der Waals surface area contributed by atoms with Gasteiger partial charge in [0.05, 0.1) is 12.2 Å². The van der Waals surface area contributed by atoms with Gasteiger partial charge in [0.15, 0.2) is 0 Å². The molecule has 0 atom stereocenters. The molecule has 0 fully saturated rings. The Kier molecular flexibility index (Phi) is 5.30. The second kappa shape index (κ2) is 7.20. The normalized spacial score (nSPS) is 10.8. The fourth-order valence-electron chi connectivity index (χ4n) is 2.10. The highest BCUT2D eigenvalue weighted by molar-refractivity contribution is 7.09. The van der Waals surface area contributed by atoms with Crippen LogP contribution in [0.2, 0.25) is 0 Å². The Morgan fingerprint density at radius 3 is 2.60 bits per heavy atom. The van der Waals surface area contributed by atoms with Gasteiger partial charge in [-0.25, -0.2) is 4.98 Å². The molecule has 0 bridgehead atoms. The second-order valence-corrected chi connectivity index (χ2v) is 5.67. The third kappa shape index (κ3) is 3.67. The Labute approximate surface area is 124 Å². The molecule has 2 aromatic rings. The number of thiazole rings is 1. The number of hydrogen-bond donors (Lipinski definition) is 1. The average Bonchev–Trinajstić information content (AvgIpc) is 2.96. The van der Waals surface area contributed by atoms with E-state index in [1.165, 1.54) is 0 Å². The summed E-state index contributed by atoms with van der Waals surface area (Å²) < 4.78 is 0. The fourth-order valence-corrected chi connectivity index (χ4v) is 2.84. The number of benzene rings is 1. The van der Waals surface area contributed by atoms with Gasteiger partial charge in [0, 0.05) is 16.9 Å². The maximum Gasteiger partial charge on any atom is 0.223 e. The van der Waals surface area contributed by atoms with E-state index in [1.807, 2.05) is 49.6 Å². The summed E-state index contributed by atoms with van der Waals surface area (Å²) in [5.41, 5.74) is 2.09. The van der Waals surface area contributed by atoms with Crippen LogP contribution >= 0.6 is 11.3 Å². The summed E-state index contributed by atoms with van der Waals surface area (Å²) >= 11 is 1.59. The van der Waals surface area contributed by atoms with Gasteiger partial charge in [-0.05, 0) is 12.8 Å². The zero-order valence-corrected chi connectivity index (χ0v) is 12.7. The van der Waals surface area contributed by atoms with Crippen LogP contribution in [0.4, 0.5) is 0 Å². The van der Waals surface area contributed by atoms with E-state index in [9.17, 15) is 4.79 Å². The van der Waals surface area contributed by atoms with Crippen molar-refractivity contribution >= 4 is 17.2 Å². The lowest BCUT2D eigenvalue weighted by molar-refractivity contribution is -0.125. The minimum Gasteiger partial charge on any atom is -0.349 e. The van der Waals surface area contributed by atoms with Crippen molar-refractivity contribution in [2.45, 2.75) is 33.2 Å². The number of hydrogen-bond acceptors (Lipinski definition) is 3.